The number of halogens is 1. The summed E-state index contributed by atoms with van der Waals surface area (Å²) in [6.45, 7) is 8.07. The predicted molar refractivity (Wildman–Crippen MR) is 68.1 cm³/mol. The van der Waals surface area contributed by atoms with Gasteiger partial charge in [0.1, 0.15) is 0 Å². The number of hydrogen-bond donors (Lipinski definition) is 1. The zero-order valence-electron chi connectivity index (χ0n) is 10.3. The van der Waals surface area contributed by atoms with E-state index in [0.717, 1.165) is 31.2 Å². The molecule has 4 heteroatoms. The van der Waals surface area contributed by atoms with Crippen molar-refractivity contribution >= 4 is 18.4 Å². The van der Waals surface area contributed by atoms with Crippen LogP contribution in [0.15, 0.2) is 0 Å². The first-order valence-electron chi connectivity index (χ1n) is 6.02. The molecule has 0 aliphatic carbocycles. The minimum absolute atomic E-state index is 0. The monoisotopic (exact) mass is 249 g/mol. The molecule has 0 spiro atoms. The second-order valence-electron chi connectivity index (χ2n) is 5.06. The summed E-state index contributed by atoms with van der Waals surface area (Å²) in [5.74, 6) is 0.928. The molecule has 0 saturated carbocycles. The number of rotatable bonds is 5. The molecular formula is C12H24ClNO2. The lowest BCUT2D eigenvalue weighted by atomic mass is 9.92. The molecule has 2 unspecified atom stereocenters. The summed E-state index contributed by atoms with van der Waals surface area (Å²) in [5.41, 5.74) is 0. The third-order valence-corrected chi connectivity index (χ3v) is 3.06. The highest BCUT2D eigenvalue weighted by atomic mass is 35.5. The molecule has 1 saturated heterocycles. The van der Waals surface area contributed by atoms with Crippen LogP contribution in [-0.4, -0.2) is 35.6 Å². The topological polar surface area (TPSA) is 40.5 Å². The Balaban J connectivity index is 0.00000225. The molecule has 1 fully saturated rings. The Morgan fingerprint density at radius 1 is 1.25 bits per heavy atom. The van der Waals surface area contributed by atoms with Gasteiger partial charge < -0.3 is 10.0 Å². The summed E-state index contributed by atoms with van der Waals surface area (Å²) in [7, 11) is 0. The van der Waals surface area contributed by atoms with Gasteiger partial charge in [-0.25, -0.2) is 0 Å². The molecule has 0 aromatic carbocycles. The number of carbonyl (C=O) groups is 1. The van der Waals surface area contributed by atoms with E-state index in [1.165, 1.54) is 19.5 Å². The quantitative estimate of drug-likeness (QED) is 0.762. The van der Waals surface area contributed by atoms with E-state index in [9.17, 15) is 4.79 Å². The van der Waals surface area contributed by atoms with Gasteiger partial charge in [0.25, 0.3) is 0 Å². The zero-order chi connectivity index (χ0) is 11.3. The van der Waals surface area contributed by atoms with Crippen molar-refractivity contribution in [3.05, 3.63) is 0 Å². The molecule has 0 bridgehead atoms. The fraction of sp³-hybridized carbons (Fsp3) is 0.917. The number of likely N-dealkylation sites (tertiary alicyclic amines) is 1. The van der Waals surface area contributed by atoms with E-state index in [4.69, 9.17) is 5.11 Å². The summed E-state index contributed by atoms with van der Waals surface area (Å²) in [4.78, 5) is 12.8. The maximum Gasteiger partial charge on any atom is 0.303 e. The molecule has 0 aromatic rings. The fourth-order valence-corrected chi connectivity index (χ4v) is 2.59. The third kappa shape index (κ3) is 6.33. The number of carboxylic acids is 1. The Hall–Kier alpha value is -0.280. The van der Waals surface area contributed by atoms with Gasteiger partial charge in [-0.1, -0.05) is 13.8 Å². The van der Waals surface area contributed by atoms with E-state index in [-0.39, 0.29) is 12.4 Å². The van der Waals surface area contributed by atoms with Gasteiger partial charge in [-0.05, 0) is 37.6 Å². The molecular weight excluding hydrogens is 226 g/mol. The third-order valence-electron chi connectivity index (χ3n) is 3.06. The molecule has 3 nitrogen and oxygen atoms in total. The van der Waals surface area contributed by atoms with Crippen LogP contribution in [0.1, 0.15) is 39.5 Å². The molecule has 0 amide bonds. The average molecular weight is 250 g/mol. The Morgan fingerprint density at radius 2 is 1.81 bits per heavy atom. The number of hydrogen-bond acceptors (Lipinski definition) is 2. The van der Waals surface area contributed by atoms with E-state index in [2.05, 4.69) is 18.7 Å². The second-order valence-corrected chi connectivity index (χ2v) is 5.06. The first-order chi connectivity index (χ1) is 7.08. The van der Waals surface area contributed by atoms with E-state index < -0.39 is 5.97 Å². The van der Waals surface area contributed by atoms with Crippen LogP contribution >= 0.6 is 12.4 Å². The van der Waals surface area contributed by atoms with Crippen LogP contribution in [0.25, 0.3) is 0 Å². The van der Waals surface area contributed by atoms with Gasteiger partial charge in [0.2, 0.25) is 0 Å². The molecule has 2 atom stereocenters. The Bertz CT molecular complexity index is 201. The Labute approximate surface area is 105 Å². The van der Waals surface area contributed by atoms with Gasteiger partial charge in [0.15, 0.2) is 0 Å². The van der Waals surface area contributed by atoms with Gasteiger partial charge in [0.05, 0.1) is 0 Å². The average Bonchev–Trinajstić information content (AvgIpc) is 2.10. The zero-order valence-corrected chi connectivity index (χ0v) is 11.1. The van der Waals surface area contributed by atoms with Crippen molar-refractivity contribution in [2.45, 2.75) is 39.5 Å². The summed E-state index contributed by atoms with van der Waals surface area (Å²) < 4.78 is 0. The predicted octanol–water partition coefficient (Wildman–Crippen LogP) is 2.64. The molecule has 1 heterocycles. The number of piperidine rings is 1. The highest BCUT2D eigenvalue weighted by molar-refractivity contribution is 5.85. The van der Waals surface area contributed by atoms with Crippen LogP contribution in [0.5, 0.6) is 0 Å². The maximum atomic E-state index is 10.3. The van der Waals surface area contributed by atoms with Crippen molar-refractivity contribution in [2.24, 2.45) is 11.8 Å². The second kappa shape index (κ2) is 7.91. The molecule has 1 rings (SSSR count). The van der Waals surface area contributed by atoms with Crippen LogP contribution < -0.4 is 0 Å². The van der Waals surface area contributed by atoms with Gasteiger partial charge >= 0.3 is 5.97 Å². The van der Waals surface area contributed by atoms with Gasteiger partial charge in [-0.15, -0.1) is 12.4 Å². The van der Waals surface area contributed by atoms with Gasteiger partial charge in [-0.3, -0.25) is 4.79 Å². The van der Waals surface area contributed by atoms with Gasteiger partial charge in [-0.2, -0.15) is 0 Å². The highest BCUT2D eigenvalue weighted by Gasteiger charge is 2.20. The normalized spacial score (nSPS) is 26.1. The minimum atomic E-state index is -0.671. The van der Waals surface area contributed by atoms with Crippen LogP contribution in [0, 0.1) is 11.8 Å². The van der Waals surface area contributed by atoms with E-state index in [0.29, 0.717) is 6.42 Å². The Kier molecular flexibility index (Phi) is 7.77. The van der Waals surface area contributed by atoms with Crippen molar-refractivity contribution in [3.8, 4) is 0 Å². The number of unbranched alkanes of at least 4 members (excludes halogenated alkanes) is 1. The minimum Gasteiger partial charge on any atom is -0.481 e. The van der Waals surface area contributed by atoms with Gasteiger partial charge in [0, 0.05) is 19.5 Å². The molecule has 16 heavy (non-hydrogen) atoms. The number of carboxylic acid groups (broad SMARTS) is 1. The van der Waals surface area contributed by atoms with Crippen LogP contribution in [0.4, 0.5) is 0 Å². The summed E-state index contributed by atoms with van der Waals surface area (Å²) in [6, 6.07) is 0. The first kappa shape index (κ1) is 15.7. The van der Waals surface area contributed by atoms with Crippen LogP contribution in [0.3, 0.4) is 0 Å². The molecule has 96 valence electrons. The summed E-state index contributed by atoms with van der Waals surface area (Å²) >= 11 is 0. The molecule has 0 aromatic heterocycles. The van der Waals surface area contributed by atoms with Crippen LogP contribution in [0.2, 0.25) is 0 Å². The summed E-state index contributed by atoms with van der Waals surface area (Å²) in [5, 5.41) is 8.52. The highest BCUT2D eigenvalue weighted by Crippen LogP contribution is 2.21. The van der Waals surface area contributed by atoms with Crippen LogP contribution in [-0.2, 0) is 4.79 Å². The van der Waals surface area contributed by atoms with E-state index >= 15 is 0 Å². The lowest BCUT2D eigenvalue weighted by Crippen LogP contribution is -2.39. The van der Waals surface area contributed by atoms with Crippen molar-refractivity contribution in [3.63, 3.8) is 0 Å². The lowest BCUT2D eigenvalue weighted by Gasteiger charge is -2.34. The smallest absolute Gasteiger partial charge is 0.303 e. The molecule has 1 aliphatic rings. The maximum absolute atomic E-state index is 10.3. The fourth-order valence-electron chi connectivity index (χ4n) is 2.59. The van der Waals surface area contributed by atoms with Crippen molar-refractivity contribution in [1.82, 2.24) is 4.90 Å². The van der Waals surface area contributed by atoms with Crippen molar-refractivity contribution < 1.29 is 9.90 Å². The van der Waals surface area contributed by atoms with E-state index in [1.54, 1.807) is 0 Å². The molecule has 0 radical (unpaired) electrons. The van der Waals surface area contributed by atoms with Crippen molar-refractivity contribution in [1.29, 1.82) is 0 Å². The standard InChI is InChI=1S/C12H23NO2.ClH/c1-10-7-11(2)9-13(8-10)6-4-3-5-12(14)15;/h10-11H,3-9H2,1-2H3,(H,14,15);1H. The number of nitrogens with zero attached hydrogens (tertiary/aromatic N) is 1. The largest absolute Gasteiger partial charge is 0.481 e. The SMILES string of the molecule is CC1CC(C)CN(CCCCC(=O)O)C1.Cl. The molecule has 1 N–H and O–H groups in total. The van der Waals surface area contributed by atoms with Crippen molar-refractivity contribution in [2.75, 3.05) is 19.6 Å². The lowest BCUT2D eigenvalue weighted by molar-refractivity contribution is -0.137. The van der Waals surface area contributed by atoms with E-state index in [1.807, 2.05) is 0 Å². The first-order valence-corrected chi connectivity index (χ1v) is 6.02. The number of aliphatic carboxylic acids is 1. The molecule has 1 aliphatic heterocycles. The Morgan fingerprint density at radius 3 is 2.31 bits per heavy atom. The summed E-state index contributed by atoms with van der Waals surface area (Å²) in [6.07, 6.45) is 3.49.